The molecule has 2 aromatic rings. The zero-order valence-electron chi connectivity index (χ0n) is 14.7. The van der Waals surface area contributed by atoms with Crippen molar-refractivity contribution in [1.82, 2.24) is 5.48 Å². The maximum absolute atomic E-state index is 13.8. The van der Waals surface area contributed by atoms with Gasteiger partial charge in [0.1, 0.15) is 11.6 Å². The fourth-order valence-electron chi connectivity index (χ4n) is 1.99. The smallest absolute Gasteiger partial charge is 0.440 e. The number of nitrogens with zero attached hydrogens (tertiary/aromatic N) is 2. The Morgan fingerprint density at radius 1 is 1.07 bits per heavy atom. The lowest BCUT2D eigenvalue weighted by molar-refractivity contribution is 0.118. The average molecular weight is 396 g/mol. The van der Waals surface area contributed by atoms with Gasteiger partial charge < -0.3 is 9.57 Å². The van der Waals surface area contributed by atoms with Gasteiger partial charge >= 0.3 is 6.09 Å². The van der Waals surface area contributed by atoms with E-state index in [1.54, 1.807) is 32.0 Å². The molecule has 2 aromatic carbocycles. The average Bonchev–Trinajstić information content (AvgIpc) is 2.64. The molecule has 0 aliphatic heterocycles. The van der Waals surface area contributed by atoms with Crippen molar-refractivity contribution in [3.8, 4) is 5.75 Å². The number of hydrogen-bond acceptors (Lipinski definition) is 5. The zero-order valence-corrected chi connectivity index (χ0v) is 15.5. The predicted molar refractivity (Wildman–Crippen MR) is 98.4 cm³/mol. The van der Waals surface area contributed by atoms with Crippen LogP contribution in [0.25, 0.3) is 0 Å². The summed E-state index contributed by atoms with van der Waals surface area (Å²) >= 11 is 6.01. The largest absolute Gasteiger partial charge is 0.451 e. The van der Waals surface area contributed by atoms with Crippen molar-refractivity contribution in [2.45, 2.75) is 13.8 Å². The van der Waals surface area contributed by atoms with Crippen LogP contribution in [-0.4, -0.2) is 24.6 Å². The third-order valence-electron chi connectivity index (χ3n) is 3.45. The van der Waals surface area contributed by atoms with E-state index in [1.807, 2.05) is 0 Å². The number of hydroxylamine groups is 1. The van der Waals surface area contributed by atoms with E-state index in [-0.39, 0.29) is 22.0 Å². The van der Waals surface area contributed by atoms with Gasteiger partial charge in [0.25, 0.3) is 0 Å². The van der Waals surface area contributed by atoms with Crippen molar-refractivity contribution in [2.75, 3.05) is 7.11 Å². The van der Waals surface area contributed by atoms with Gasteiger partial charge in [-0.2, -0.15) is 15.7 Å². The first-order chi connectivity index (χ1) is 12.8. The highest BCUT2D eigenvalue weighted by Gasteiger charge is 2.09. The molecule has 1 N–H and O–H groups in total. The quantitative estimate of drug-likeness (QED) is 0.598. The van der Waals surface area contributed by atoms with Crippen LogP contribution in [0, 0.1) is 11.6 Å². The molecule has 0 bridgehead atoms. The molecule has 27 heavy (non-hydrogen) atoms. The van der Waals surface area contributed by atoms with Gasteiger partial charge in [0.05, 0.1) is 23.6 Å². The van der Waals surface area contributed by atoms with Crippen LogP contribution in [-0.2, 0) is 4.74 Å². The van der Waals surface area contributed by atoms with E-state index in [2.05, 4.69) is 20.4 Å². The fourth-order valence-corrected chi connectivity index (χ4v) is 2.15. The molecule has 0 heterocycles. The van der Waals surface area contributed by atoms with E-state index < -0.39 is 17.7 Å². The van der Waals surface area contributed by atoms with Gasteiger partial charge in [-0.15, -0.1) is 0 Å². The molecule has 0 radical (unpaired) electrons. The number of rotatable bonds is 5. The standard InChI is InChI=1S/C18H16ClF2N3O3/c1-10(22-23-11(2)14-6-5-13(20)9-16(14)21)12-4-7-15(19)17(8-12)27-24-18(25)26-3/h4-9H,1-3H3,(H,24,25). The summed E-state index contributed by atoms with van der Waals surface area (Å²) in [5.41, 5.74) is 3.57. The zero-order chi connectivity index (χ0) is 20.0. The molecule has 1 amide bonds. The Balaban J connectivity index is 2.23. The SMILES string of the molecule is COC(=O)NOc1cc(C(C)=NN=C(C)c2ccc(F)cc2F)ccc1Cl. The highest BCUT2D eigenvalue weighted by molar-refractivity contribution is 6.32. The van der Waals surface area contributed by atoms with E-state index in [0.29, 0.717) is 11.3 Å². The molecule has 0 atom stereocenters. The Kier molecular flexibility index (Phi) is 6.84. The summed E-state index contributed by atoms with van der Waals surface area (Å²) in [6, 6.07) is 7.99. The number of nitrogens with one attached hydrogen (secondary N) is 1. The fraction of sp³-hybridized carbons (Fsp3) is 0.167. The minimum Gasteiger partial charge on any atom is -0.451 e. The molecule has 9 heteroatoms. The minimum atomic E-state index is -0.789. The molecular weight excluding hydrogens is 380 g/mol. The van der Waals surface area contributed by atoms with Crippen LogP contribution in [0.2, 0.25) is 5.02 Å². The second kappa shape index (κ2) is 9.09. The topological polar surface area (TPSA) is 72.3 Å². The lowest BCUT2D eigenvalue weighted by Gasteiger charge is -2.09. The Labute approximate surface area is 159 Å². The Hall–Kier alpha value is -3.00. The number of halogens is 3. The third-order valence-corrected chi connectivity index (χ3v) is 3.76. The van der Waals surface area contributed by atoms with Crippen molar-refractivity contribution < 1.29 is 23.1 Å². The summed E-state index contributed by atoms with van der Waals surface area (Å²) in [4.78, 5) is 16.1. The first-order valence-electron chi connectivity index (χ1n) is 7.66. The van der Waals surface area contributed by atoms with E-state index in [0.717, 1.165) is 12.1 Å². The monoisotopic (exact) mass is 395 g/mol. The van der Waals surface area contributed by atoms with Crippen LogP contribution >= 0.6 is 11.6 Å². The van der Waals surface area contributed by atoms with Crippen molar-refractivity contribution in [1.29, 1.82) is 0 Å². The highest BCUT2D eigenvalue weighted by atomic mass is 35.5. The van der Waals surface area contributed by atoms with Crippen molar-refractivity contribution in [3.63, 3.8) is 0 Å². The van der Waals surface area contributed by atoms with Crippen molar-refractivity contribution in [2.24, 2.45) is 10.2 Å². The highest BCUT2D eigenvalue weighted by Crippen LogP contribution is 2.25. The van der Waals surface area contributed by atoms with Crippen molar-refractivity contribution >= 4 is 29.1 Å². The van der Waals surface area contributed by atoms with Gasteiger partial charge in [0.2, 0.25) is 0 Å². The number of hydrogen-bond donors (Lipinski definition) is 1. The van der Waals surface area contributed by atoms with Crippen LogP contribution in [0.4, 0.5) is 13.6 Å². The van der Waals surface area contributed by atoms with Gasteiger partial charge in [-0.05, 0) is 38.1 Å². The Morgan fingerprint density at radius 2 is 1.78 bits per heavy atom. The summed E-state index contributed by atoms with van der Waals surface area (Å²) in [6.07, 6.45) is -0.789. The van der Waals surface area contributed by atoms with Gasteiger partial charge in [0.15, 0.2) is 5.75 Å². The van der Waals surface area contributed by atoms with E-state index in [9.17, 15) is 13.6 Å². The number of carbonyl (C=O) groups excluding carboxylic acids is 1. The van der Waals surface area contributed by atoms with Gasteiger partial charge in [-0.25, -0.2) is 13.6 Å². The molecule has 0 saturated heterocycles. The van der Waals surface area contributed by atoms with Gasteiger partial charge in [-0.3, -0.25) is 0 Å². The molecule has 6 nitrogen and oxygen atoms in total. The van der Waals surface area contributed by atoms with E-state index in [1.165, 1.54) is 13.2 Å². The Bertz CT molecular complexity index is 917. The van der Waals surface area contributed by atoms with Gasteiger partial charge in [0, 0.05) is 17.2 Å². The van der Waals surface area contributed by atoms with Crippen LogP contribution in [0.15, 0.2) is 46.6 Å². The van der Waals surface area contributed by atoms with Crippen LogP contribution in [0.5, 0.6) is 5.75 Å². The number of carbonyl (C=O) groups is 1. The molecule has 0 saturated carbocycles. The summed E-state index contributed by atoms with van der Waals surface area (Å²) < 4.78 is 31.2. The number of benzene rings is 2. The molecule has 0 aliphatic carbocycles. The first-order valence-corrected chi connectivity index (χ1v) is 8.04. The number of methoxy groups -OCH3 is 1. The van der Waals surface area contributed by atoms with Gasteiger partial charge in [-0.1, -0.05) is 17.7 Å². The first kappa shape index (κ1) is 20.3. The summed E-state index contributed by atoms with van der Waals surface area (Å²) in [5.74, 6) is -1.21. The second-order valence-electron chi connectivity index (χ2n) is 5.34. The lowest BCUT2D eigenvalue weighted by Crippen LogP contribution is -2.26. The van der Waals surface area contributed by atoms with E-state index >= 15 is 0 Å². The number of ether oxygens (including phenoxy) is 1. The lowest BCUT2D eigenvalue weighted by atomic mass is 10.1. The predicted octanol–water partition coefficient (Wildman–Crippen LogP) is 4.50. The molecule has 142 valence electrons. The molecule has 0 fully saturated rings. The van der Waals surface area contributed by atoms with Crippen LogP contribution in [0.3, 0.4) is 0 Å². The molecule has 2 rings (SSSR count). The summed E-state index contributed by atoms with van der Waals surface area (Å²) in [5, 5.41) is 8.29. The Morgan fingerprint density at radius 3 is 2.44 bits per heavy atom. The molecule has 0 spiro atoms. The van der Waals surface area contributed by atoms with Crippen molar-refractivity contribution in [3.05, 3.63) is 64.2 Å². The molecular formula is C18H16ClF2N3O3. The maximum Gasteiger partial charge on any atom is 0.440 e. The maximum atomic E-state index is 13.8. The normalized spacial score (nSPS) is 11.9. The number of amides is 1. The minimum absolute atomic E-state index is 0.148. The summed E-state index contributed by atoms with van der Waals surface area (Å²) in [7, 11) is 1.19. The molecule has 0 aliphatic rings. The second-order valence-corrected chi connectivity index (χ2v) is 5.74. The molecule has 0 unspecified atom stereocenters. The van der Waals surface area contributed by atoms with Crippen LogP contribution in [0.1, 0.15) is 25.0 Å². The summed E-state index contributed by atoms with van der Waals surface area (Å²) in [6.45, 7) is 3.24. The van der Waals surface area contributed by atoms with Crippen LogP contribution < -0.4 is 10.3 Å². The molecule has 0 aromatic heterocycles. The van der Waals surface area contributed by atoms with E-state index in [4.69, 9.17) is 16.4 Å². The third kappa shape index (κ3) is 5.49.